The van der Waals surface area contributed by atoms with E-state index in [9.17, 15) is 34.5 Å². The van der Waals surface area contributed by atoms with Crippen LogP contribution in [-0.2, 0) is 42.9 Å². The zero-order valence-corrected chi connectivity index (χ0v) is 52.6. The van der Waals surface area contributed by atoms with E-state index < -0.39 is 67.3 Å². The zero-order valence-electron chi connectivity index (χ0n) is 52.6. The number of carbonyl (C=O) groups excluding carboxylic acids is 3. The van der Waals surface area contributed by atoms with E-state index in [1.54, 1.807) is 0 Å². The zero-order chi connectivity index (χ0) is 58.9. The maximum atomic E-state index is 13.2. The van der Waals surface area contributed by atoms with Gasteiger partial charge in [-0.25, -0.2) is 4.79 Å². The van der Waals surface area contributed by atoms with Crippen LogP contribution in [0.3, 0.4) is 0 Å². The molecule has 6 unspecified atom stereocenters. The van der Waals surface area contributed by atoms with E-state index in [-0.39, 0.29) is 25.9 Å². The van der Waals surface area contributed by atoms with Gasteiger partial charge < -0.3 is 39.0 Å². The minimum atomic E-state index is -1.90. The molecular formula is C69H126O12. The van der Waals surface area contributed by atoms with Crippen LogP contribution in [0.1, 0.15) is 342 Å². The Kier molecular flexibility index (Phi) is 54.2. The maximum absolute atomic E-state index is 13.2. The van der Waals surface area contributed by atoms with Gasteiger partial charge in [0.1, 0.15) is 18.8 Å². The van der Waals surface area contributed by atoms with Crippen molar-refractivity contribution in [2.24, 2.45) is 0 Å². The Morgan fingerprint density at radius 2 is 0.704 bits per heavy atom. The first-order valence-corrected chi connectivity index (χ1v) is 34.3. The number of aliphatic carboxylic acids is 1. The summed E-state index contributed by atoms with van der Waals surface area (Å²) in [6, 6.07) is 0. The molecule has 0 aromatic heterocycles. The van der Waals surface area contributed by atoms with Crippen LogP contribution < -0.4 is 0 Å². The van der Waals surface area contributed by atoms with Crippen molar-refractivity contribution in [2.45, 2.75) is 379 Å². The number of hydrogen-bond donors (Lipinski definition) is 3. The van der Waals surface area contributed by atoms with Crippen LogP contribution in [0, 0.1) is 0 Å². The van der Waals surface area contributed by atoms with Crippen molar-refractivity contribution >= 4 is 23.9 Å². The first kappa shape index (κ1) is 76.2. The highest BCUT2D eigenvalue weighted by Crippen LogP contribution is 2.27. The number of allylic oxidation sites excluding steroid dienone is 4. The molecule has 1 aliphatic rings. The molecule has 0 aliphatic carbocycles. The second-order valence-corrected chi connectivity index (χ2v) is 23.8. The molecule has 1 aliphatic heterocycles. The monoisotopic (exact) mass is 1150 g/mol. The van der Waals surface area contributed by atoms with E-state index in [2.05, 4.69) is 45.1 Å². The summed E-state index contributed by atoms with van der Waals surface area (Å²) in [5, 5.41) is 31.6. The molecule has 0 aromatic carbocycles. The summed E-state index contributed by atoms with van der Waals surface area (Å²) in [7, 11) is 0. The van der Waals surface area contributed by atoms with Crippen molar-refractivity contribution < 1.29 is 58.2 Å². The fraction of sp³-hybridized carbons (Fsp3) is 0.884. The van der Waals surface area contributed by atoms with Gasteiger partial charge in [0.15, 0.2) is 24.6 Å². The number of unbranched alkanes of at least 4 members (excludes halogenated alkanes) is 42. The fourth-order valence-corrected chi connectivity index (χ4v) is 10.7. The maximum Gasteiger partial charge on any atom is 0.335 e. The minimum Gasteiger partial charge on any atom is -0.479 e. The topological polar surface area (TPSA) is 175 Å². The Hall–Kier alpha value is -2.80. The second kappa shape index (κ2) is 57.6. The third-order valence-corrected chi connectivity index (χ3v) is 16.0. The van der Waals surface area contributed by atoms with Gasteiger partial charge in [-0.2, -0.15) is 0 Å². The Labute approximate surface area is 496 Å². The summed E-state index contributed by atoms with van der Waals surface area (Å²) in [5.41, 5.74) is 0. The van der Waals surface area contributed by atoms with Crippen LogP contribution in [0.25, 0.3) is 0 Å². The molecule has 0 radical (unpaired) electrons. The van der Waals surface area contributed by atoms with E-state index in [0.717, 1.165) is 77.0 Å². The molecule has 81 heavy (non-hydrogen) atoms. The number of carbonyl (C=O) groups is 4. The highest BCUT2D eigenvalue weighted by molar-refractivity contribution is 5.74. The van der Waals surface area contributed by atoms with Gasteiger partial charge >= 0.3 is 23.9 Å². The predicted molar refractivity (Wildman–Crippen MR) is 331 cm³/mol. The molecule has 1 saturated heterocycles. The Bertz CT molecular complexity index is 1500. The number of aliphatic hydroxyl groups excluding tert-OH is 2. The van der Waals surface area contributed by atoms with Crippen molar-refractivity contribution in [1.82, 2.24) is 0 Å². The van der Waals surface area contributed by atoms with Crippen LogP contribution in [-0.4, -0.2) is 89.2 Å². The first-order valence-electron chi connectivity index (χ1n) is 34.3. The number of esters is 3. The number of carboxylic acid groups (broad SMARTS) is 1. The third-order valence-electron chi connectivity index (χ3n) is 16.0. The highest BCUT2D eigenvalue weighted by Gasteiger charge is 2.50. The van der Waals surface area contributed by atoms with Gasteiger partial charge in [0.25, 0.3) is 0 Å². The molecule has 0 spiro atoms. The van der Waals surface area contributed by atoms with E-state index in [4.69, 9.17) is 23.7 Å². The molecule has 0 aromatic rings. The lowest BCUT2D eigenvalue weighted by Gasteiger charge is -2.40. The van der Waals surface area contributed by atoms with Gasteiger partial charge in [0, 0.05) is 19.3 Å². The molecule has 6 atom stereocenters. The first-order chi connectivity index (χ1) is 39.6. The average molecular weight is 1150 g/mol. The number of aliphatic hydroxyl groups is 2. The van der Waals surface area contributed by atoms with Gasteiger partial charge in [0.2, 0.25) is 0 Å². The summed E-state index contributed by atoms with van der Waals surface area (Å²) in [4.78, 5) is 51.4. The van der Waals surface area contributed by atoms with Crippen LogP contribution >= 0.6 is 0 Å². The second-order valence-electron chi connectivity index (χ2n) is 23.8. The lowest BCUT2D eigenvalue weighted by molar-refractivity contribution is -0.301. The quantitative estimate of drug-likeness (QED) is 0.0228. The lowest BCUT2D eigenvalue weighted by atomic mass is 9.98. The van der Waals surface area contributed by atoms with Gasteiger partial charge in [-0.05, 0) is 70.6 Å². The molecule has 12 heteroatoms. The van der Waals surface area contributed by atoms with Crippen LogP contribution in [0.4, 0.5) is 0 Å². The van der Waals surface area contributed by atoms with E-state index in [0.29, 0.717) is 19.3 Å². The minimum absolute atomic E-state index is 0.0630. The van der Waals surface area contributed by atoms with Gasteiger partial charge in [-0.1, -0.05) is 276 Å². The van der Waals surface area contributed by atoms with Crippen LogP contribution in [0.2, 0.25) is 0 Å². The summed E-state index contributed by atoms with van der Waals surface area (Å²) in [6.07, 6.45) is 55.6. The number of carboxylic acids is 1. The third kappa shape index (κ3) is 47.2. The van der Waals surface area contributed by atoms with Crippen LogP contribution in [0.5, 0.6) is 0 Å². The predicted octanol–water partition coefficient (Wildman–Crippen LogP) is 18.6. The molecular weight excluding hydrogens is 1020 g/mol. The summed E-state index contributed by atoms with van der Waals surface area (Å²) >= 11 is 0. The molecule has 0 saturated carbocycles. The average Bonchev–Trinajstić information content (AvgIpc) is 3.54. The van der Waals surface area contributed by atoms with E-state index >= 15 is 0 Å². The van der Waals surface area contributed by atoms with Crippen molar-refractivity contribution in [2.75, 3.05) is 13.2 Å². The molecule has 0 bridgehead atoms. The Morgan fingerprint density at radius 3 is 1.05 bits per heavy atom. The molecule has 474 valence electrons. The largest absolute Gasteiger partial charge is 0.479 e. The fourth-order valence-electron chi connectivity index (χ4n) is 10.7. The molecule has 1 heterocycles. The highest BCUT2D eigenvalue weighted by atomic mass is 16.7. The number of rotatable bonds is 60. The van der Waals surface area contributed by atoms with Gasteiger partial charge in [-0.15, -0.1) is 0 Å². The summed E-state index contributed by atoms with van der Waals surface area (Å²) in [6.45, 7) is 6.05. The standard InChI is InChI=1S/C69H126O12/c1-4-7-10-13-16-19-22-25-28-30-31-33-36-39-42-45-48-51-54-57-63(72)80-67-65(74)64(73)66(68(75)76)81-69(67)78-59-60(79-62(71)56-53-50-47-44-41-38-34-27-24-21-18-15-12-9-6-3)58-77-61(70)55-52-49-46-43-40-37-35-32-29-26-23-20-17-14-11-8-5-2/h25-26,28-29,60,64-67,69,73-74H,4-24,27,30-59H2,1-3H3,(H,75,76)/b28-25-,29-26-. The smallest absolute Gasteiger partial charge is 0.335 e. The SMILES string of the molecule is CCCCCCCC/C=C\CCCCCCCCCCCC(=O)OC1C(OCC(COC(=O)CCCCCCCCC/C=C\CCCCCCCC)OC(=O)CCCCCCCCCCCCCCCCC)OC(C(=O)O)C(O)C1O. The van der Waals surface area contributed by atoms with E-state index in [1.807, 2.05) is 0 Å². The molecule has 0 amide bonds. The number of ether oxygens (including phenoxy) is 5. The van der Waals surface area contributed by atoms with Crippen LogP contribution in [0.15, 0.2) is 24.3 Å². The van der Waals surface area contributed by atoms with Crippen molar-refractivity contribution in [3.05, 3.63) is 24.3 Å². The van der Waals surface area contributed by atoms with Gasteiger partial charge in [0.05, 0.1) is 6.61 Å². The number of hydrogen-bond acceptors (Lipinski definition) is 11. The molecule has 3 N–H and O–H groups in total. The lowest BCUT2D eigenvalue weighted by Crippen LogP contribution is -2.61. The normalized spacial score (nSPS) is 17.8. The Balaban J connectivity index is 2.62. The summed E-state index contributed by atoms with van der Waals surface area (Å²) < 4.78 is 28.6. The molecule has 1 rings (SSSR count). The molecule has 12 nitrogen and oxygen atoms in total. The summed E-state index contributed by atoms with van der Waals surface area (Å²) in [5.74, 6) is -3.08. The Morgan fingerprint density at radius 1 is 0.395 bits per heavy atom. The van der Waals surface area contributed by atoms with Crippen molar-refractivity contribution in [1.29, 1.82) is 0 Å². The molecule has 1 fully saturated rings. The van der Waals surface area contributed by atoms with Crippen molar-refractivity contribution in [3.8, 4) is 0 Å². The van der Waals surface area contributed by atoms with E-state index in [1.165, 1.54) is 205 Å². The van der Waals surface area contributed by atoms with Crippen molar-refractivity contribution in [3.63, 3.8) is 0 Å². The van der Waals surface area contributed by atoms with Gasteiger partial charge in [-0.3, -0.25) is 14.4 Å².